The number of nitrogens with two attached hydrogens (primary N) is 1. The predicted molar refractivity (Wildman–Crippen MR) is 175 cm³/mol. The Morgan fingerprint density at radius 3 is 2.69 bits per heavy atom. The summed E-state index contributed by atoms with van der Waals surface area (Å²) in [6.45, 7) is 3.79. The quantitative estimate of drug-likeness (QED) is 0.294. The smallest absolute Gasteiger partial charge is 0.337 e. The molecular weight excluding hydrogens is 612 g/mol. The molecule has 2 N–H and O–H groups in total. The van der Waals surface area contributed by atoms with Crippen LogP contribution in [0, 0.1) is 23.7 Å². The second kappa shape index (κ2) is 12.7. The molecule has 2 aromatic rings. The van der Waals surface area contributed by atoms with Crippen LogP contribution in [-0.4, -0.2) is 52.2 Å². The maximum Gasteiger partial charge on any atom is 0.337 e. The number of anilines is 1. The highest BCUT2D eigenvalue weighted by molar-refractivity contribution is 7.89. The minimum atomic E-state index is -3.62. The fourth-order valence-electron chi connectivity index (χ4n) is 8.24. The first kappa shape index (κ1) is 32.1. The summed E-state index contributed by atoms with van der Waals surface area (Å²) in [6, 6.07) is 11.6. The Kier molecular flexibility index (Phi) is 9.07. The zero-order valence-electron chi connectivity index (χ0n) is 26.0. The van der Waals surface area contributed by atoms with Crippen LogP contribution >= 0.6 is 11.6 Å². The van der Waals surface area contributed by atoms with Crippen LogP contribution < -0.4 is 14.8 Å². The Labute approximate surface area is 271 Å². The SMILES string of the molecule is COC(=O)c1ccc2c(c1)N(C[C@@H]1CC[C@H]1C(=O)/C=C/[C@@H]1CCC[C@@H](S(N)(=O)=O)[C@H]1C)CC1(CCCc3cc(Cl)ccc31)CO2. The molecule has 2 saturated carbocycles. The molecule has 6 atom stereocenters. The molecule has 0 saturated heterocycles. The van der Waals surface area contributed by atoms with E-state index in [1.807, 2.05) is 31.2 Å². The number of ketones is 1. The Morgan fingerprint density at radius 2 is 1.96 bits per heavy atom. The van der Waals surface area contributed by atoms with Crippen LogP contribution in [0.2, 0.25) is 5.02 Å². The van der Waals surface area contributed by atoms with E-state index in [1.54, 1.807) is 12.1 Å². The third-order valence-electron chi connectivity index (χ3n) is 10.9. The Hall–Kier alpha value is -2.88. The first-order chi connectivity index (χ1) is 21.5. The molecule has 242 valence electrons. The van der Waals surface area contributed by atoms with Crippen LogP contribution in [0.4, 0.5) is 5.69 Å². The molecule has 1 aliphatic heterocycles. The number of allylic oxidation sites excluding steroid dienone is 2. The number of aryl methyl sites for hydroxylation is 1. The average molecular weight is 655 g/mol. The highest BCUT2D eigenvalue weighted by Gasteiger charge is 2.44. The number of hydrogen-bond acceptors (Lipinski definition) is 7. The number of halogens is 1. The van der Waals surface area contributed by atoms with Gasteiger partial charge in [0.15, 0.2) is 5.78 Å². The molecule has 0 bridgehead atoms. The molecule has 10 heteroatoms. The number of sulfonamides is 1. The summed E-state index contributed by atoms with van der Waals surface area (Å²) in [6.07, 6.45) is 10.5. The van der Waals surface area contributed by atoms with Gasteiger partial charge in [0.2, 0.25) is 10.0 Å². The van der Waals surface area contributed by atoms with Crippen molar-refractivity contribution in [3.63, 3.8) is 0 Å². The van der Waals surface area contributed by atoms with Crippen molar-refractivity contribution < 1.29 is 27.5 Å². The third kappa shape index (κ3) is 6.41. The largest absolute Gasteiger partial charge is 0.490 e. The van der Waals surface area contributed by atoms with Crippen LogP contribution in [0.25, 0.3) is 0 Å². The molecule has 0 amide bonds. The maximum absolute atomic E-state index is 13.5. The van der Waals surface area contributed by atoms with Crippen molar-refractivity contribution in [1.82, 2.24) is 0 Å². The van der Waals surface area contributed by atoms with Crippen molar-refractivity contribution in [3.05, 3.63) is 70.3 Å². The number of fused-ring (bicyclic) bond motifs is 3. The monoisotopic (exact) mass is 654 g/mol. The number of ether oxygens (including phenoxy) is 2. The van der Waals surface area contributed by atoms with E-state index < -0.39 is 21.2 Å². The van der Waals surface area contributed by atoms with Gasteiger partial charge in [-0.2, -0.15) is 0 Å². The van der Waals surface area contributed by atoms with Gasteiger partial charge in [0, 0.05) is 29.4 Å². The van der Waals surface area contributed by atoms with E-state index in [-0.39, 0.29) is 34.9 Å². The second-order valence-electron chi connectivity index (χ2n) is 13.6. The molecule has 6 rings (SSSR count). The summed E-state index contributed by atoms with van der Waals surface area (Å²) >= 11 is 6.39. The normalized spacial score (nSPS) is 29.7. The molecule has 0 radical (unpaired) electrons. The summed E-state index contributed by atoms with van der Waals surface area (Å²) in [5.41, 5.74) is 3.55. The summed E-state index contributed by atoms with van der Waals surface area (Å²) in [5, 5.41) is 5.67. The molecule has 4 aliphatic rings. The van der Waals surface area contributed by atoms with E-state index in [2.05, 4.69) is 17.0 Å². The van der Waals surface area contributed by atoms with Gasteiger partial charge in [0.05, 0.1) is 30.2 Å². The molecule has 1 spiro atoms. The fraction of sp³-hybridized carbons (Fsp3) is 0.543. The molecule has 8 nitrogen and oxygen atoms in total. The average Bonchev–Trinajstić information content (AvgIpc) is 3.14. The number of esters is 1. The highest BCUT2D eigenvalue weighted by atomic mass is 35.5. The van der Waals surface area contributed by atoms with Crippen LogP contribution in [0.1, 0.15) is 73.4 Å². The van der Waals surface area contributed by atoms with Gasteiger partial charge in [-0.25, -0.2) is 18.4 Å². The lowest BCUT2D eigenvalue weighted by molar-refractivity contribution is -0.122. The number of nitrogens with zero attached hydrogens (tertiary/aromatic N) is 1. The number of methoxy groups -OCH3 is 1. The lowest BCUT2D eigenvalue weighted by Gasteiger charge is -2.44. The molecule has 1 heterocycles. The summed E-state index contributed by atoms with van der Waals surface area (Å²) in [4.78, 5) is 28.4. The Morgan fingerprint density at radius 1 is 1.13 bits per heavy atom. The Bertz CT molecular complexity index is 1610. The van der Waals surface area contributed by atoms with Gasteiger partial charge in [-0.1, -0.05) is 37.1 Å². The number of primary sulfonamides is 1. The van der Waals surface area contributed by atoms with Crippen molar-refractivity contribution >= 4 is 39.1 Å². The molecule has 45 heavy (non-hydrogen) atoms. The zero-order valence-corrected chi connectivity index (χ0v) is 27.6. The summed E-state index contributed by atoms with van der Waals surface area (Å²) < 4.78 is 35.8. The molecule has 3 aliphatic carbocycles. The van der Waals surface area contributed by atoms with Crippen molar-refractivity contribution in [1.29, 1.82) is 0 Å². The lowest BCUT2D eigenvalue weighted by Crippen LogP contribution is -2.49. The number of carbonyl (C=O) groups is 2. The third-order valence-corrected chi connectivity index (χ3v) is 12.7. The topological polar surface area (TPSA) is 116 Å². The van der Waals surface area contributed by atoms with E-state index in [1.165, 1.54) is 18.2 Å². The van der Waals surface area contributed by atoms with Crippen LogP contribution in [0.15, 0.2) is 48.6 Å². The molecule has 2 fully saturated rings. The highest BCUT2D eigenvalue weighted by Crippen LogP contribution is 2.46. The van der Waals surface area contributed by atoms with Crippen LogP contribution in [0.5, 0.6) is 5.75 Å². The summed E-state index contributed by atoms with van der Waals surface area (Å²) in [7, 11) is -2.24. The van der Waals surface area contributed by atoms with Gasteiger partial charge >= 0.3 is 5.97 Å². The second-order valence-corrected chi connectivity index (χ2v) is 15.8. The molecule has 1 unspecified atom stereocenters. The predicted octanol–water partition coefficient (Wildman–Crippen LogP) is 5.84. The van der Waals surface area contributed by atoms with Gasteiger partial charge in [-0.3, -0.25) is 4.79 Å². The van der Waals surface area contributed by atoms with Gasteiger partial charge < -0.3 is 14.4 Å². The van der Waals surface area contributed by atoms with Gasteiger partial charge in [0.1, 0.15) is 5.75 Å². The maximum atomic E-state index is 13.5. The van der Waals surface area contributed by atoms with Crippen molar-refractivity contribution in [2.75, 3.05) is 31.7 Å². The molecule has 0 aromatic heterocycles. The van der Waals surface area contributed by atoms with E-state index in [0.717, 1.165) is 61.4 Å². The van der Waals surface area contributed by atoms with Crippen molar-refractivity contribution in [2.45, 2.75) is 69.0 Å². The number of benzene rings is 2. The van der Waals surface area contributed by atoms with E-state index >= 15 is 0 Å². The minimum Gasteiger partial charge on any atom is -0.490 e. The van der Waals surface area contributed by atoms with Crippen molar-refractivity contribution in [2.24, 2.45) is 28.8 Å². The van der Waals surface area contributed by atoms with E-state index in [4.69, 9.17) is 26.2 Å². The minimum absolute atomic E-state index is 0.00987. The zero-order chi connectivity index (χ0) is 31.9. The van der Waals surface area contributed by atoms with E-state index in [9.17, 15) is 18.0 Å². The number of rotatable bonds is 7. The van der Waals surface area contributed by atoms with Gasteiger partial charge in [0.25, 0.3) is 0 Å². The van der Waals surface area contributed by atoms with Crippen LogP contribution in [-0.2, 0) is 31.4 Å². The standard InChI is InChI=1S/C35H43ClN2O6S/c1-22-23(5-3-7-33(22)45(37,41)42)9-14-31(39)28-12-8-26(28)19-38-20-35(16-4-6-24-17-27(36)11-13-29(24)35)21-44-32-15-10-25(18-30(32)38)34(40)43-2/h9-11,13-15,17-18,22-23,26,28,33H,3-8,12,16,19-21H2,1-2H3,(H2,37,41,42)/b14-9+/t22-,23-,26-,28+,33+,35?/m0/s1. The Balaban J connectivity index is 1.26. The number of carbonyl (C=O) groups excluding carboxylic acids is 2. The first-order valence-corrected chi connectivity index (χ1v) is 18.1. The fourth-order valence-corrected chi connectivity index (χ4v) is 9.73. The summed E-state index contributed by atoms with van der Waals surface area (Å²) in [5.74, 6) is 0.322. The number of hydrogen-bond donors (Lipinski definition) is 1. The van der Waals surface area contributed by atoms with Crippen LogP contribution in [0.3, 0.4) is 0 Å². The van der Waals surface area contributed by atoms with Crippen molar-refractivity contribution in [3.8, 4) is 5.75 Å². The molecular formula is C35H43ClN2O6S. The van der Waals surface area contributed by atoms with Gasteiger partial charge in [-0.05, 0) is 110 Å². The van der Waals surface area contributed by atoms with E-state index in [0.29, 0.717) is 31.7 Å². The van der Waals surface area contributed by atoms with Gasteiger partial charge in [-0.15, -0.1) is 0 Å². The lowest BCUT2D eigenvalue weighted by atomic mass is 9.68. The first-order valence-electron chi connectivity index (χ1n) is 16.1. The molecule has 2 aromatic carbocycles.